The van der Waals surface area contributed by atoms with Crippen LogP contribution in [0.1, 0.15) is 11.1 Å². The zero-order chi connectivity index (χ0) is 18.6. The average molecular weight is 361 g/mol. The number of nitrogens with one attached hydrogen (secondary N) is 1. The Bertz CT molecular complexity index is 813. The van der Waals surface area contributed by atoms with Gasteiger partial charge in [-0.15, -0.1) is 0 Å². The van der Waals surface area contributed by atoms with Crippen molar-refractivity contribution in [1.82, 2.24) is 5.32 Å². The third kappa shape index (κ3) is 3.58. The molecule has 0 aromatic heterocycles. The lowest BCUT2D eigenvalue weighted by molar-refractivity contribution is 0.588. The van der Waals surface area contributed by atoms with E-state index in [1.54, 1.807) is 0 Å². The quantitative estimate of drug-likeness (QED) is 0.910. The van der Waals surface area contributed by atoms with Crippen molar-refractivity contribution in [1.29, 1.82) is 5.26 Å². The lowest BCUT2D eigenvalue weighted by atomic mass is 10.0. The molecular weight excluding hydrogens is 334 g/mol. The van der Waals surface area contributed by atoms with Gasteiger partial charge < -0.3 is 20.0 Å². The van der Waals surface area contributed by atoms with Gasteiger partial charge in [-0.1, -0.05) is 18.2 Å². The van der Waals surface area contributed by atoms with Gasteiger partial charge in [0.05, 0.1) is 11.3 Å². The van der Waals surface area contributed by atoms with Gasteiger partial charge >= 0.3 is 0 Å². The number of benzene rings is 2. The summed E-state index contributed by atoms with van der Waals surface area (Å²) in [6.07, 6.45) is 0. The van der Waals surface area contributed by atoms with Crippen molar-refractivity contribution in [3.8, 4) is 6.07 Å². The molecule has 2 aromatic carbocycles. The van der Waals surface area contributed by atoms with Crippen LogP contribution in [-0.2, 0) is 0 Å². The Kier molecular flexibility index (Phi) is 5.17. The molecule has 2 aliphatic heterocycles. The lowest BCUT2D eigenvalue weighted by Gasteiger charge is -2.39. The van der Waals surface area contributed by atoms with Crippen LogP contribution in [0.15, 0.2) is 42.5 Å². The summed E-state index contributed by atoms with van der Waals surface area (Å²) in [5, 5.41) is 13.1. The monoisotopic (exact) mass is 361 g/mol. The first-order valence-electron chi connectivity index (χ1n) is 9.82. The SMILES string of the molecule is Cc1c(N2CCNCC2)ccc(C#N)c1N1CCN(c2ccccc2)CC1. The zero-order valence-corrected chi connectivity index (χ0v) is 16.0. The molecule has 0 amide bonds. The predicted octanol–water partition coefficient (Wildman–Crippen LogP) is 2.60. The summed E-state index contributed by atoms with van der Waals surface area (Å²) in [6, 6.07) is 17.1. The van der Waals surface area contributed by atoms with Crippen LogP contribution < -0.4 is 20.0 Å². The zero-order valence-electron chi connectivity index (χ0n) is 16.0. The summed E-state index contributed by atoms with van der Waals surface area (Å²) in [4.78, 5) is 7.27. The minimum atomic E-state index is 0.791. The Morgan fingerprint density at radius 1 is 0.815 bits per heavy atom. The second kappa shape index (κ2) is 7.89. The van der Waals surface area contributed by atoms with Gasteiger partial charge in [0, 0.05) is 63.7 Å². The van der Waals surface area contributed by atoms with E-state index in [4.69, 9.17) is 0 Å². The van der Waals surface area contributed by atoms with Crippen LogP contribution in [0.3, 0.4) is 0 Å². The number of nitrogens with zero attached hydrogens (tertiary/aromatic N) is 4. The molecule has 5 heteroatoms. The summed E-state index contributed by atoms with van der Waals surface area (Å²) in [7, 11) is 0. The Hall–Kier alpha value is -2.71. The molecule has 2 fully saturated rings. The molecule has 0 saturated carbocycles. The normalized spacial score (nSPS) is 17.7. The van der Waals surface area contributed by atoms with Crippen molar-refractivity contribution in [2.24, 2.45) is 0 Å². The lowest BCUT2D eigenvalue weighted by Crippen LogP contribution is -2.47. The Labute approximate surface area is 161 Å². The summed E-state index contributed by atoms with van der Waals surface area (Å²) >= 11 is 0. The number of anilines is 3. The van der Waals surface area contributed by atoms with Gasteiger partial charge in [0.15, 0.2) is 0 Å². The predicted molar refractivity (Wildman–Crippen MR) is 112 cm³/mol. The maximum Gasteiger partial charge on any atom is 0.101 e. The Balaban J connectivity index is 1.57. The van der Waals surface area contributed by atoms with E-state index in [-0.39, 0.29) is 0 Å². The van der Waals surface area contributed by atoms with Crippen LogP contribution in [0.5, 0.6) is 0 Å². The first kappa shape index (κ1) is 17.7. The van der Waals surface area contributed by atoms with Crippen LogP contribution in [0.4, 0.5) is 17.1 Å². The molecule has 1 N–H and O–H groups in total. The number of hydrogen-bond donors (Lipinski definition) is 1. The van der Waals surface area contributed by atoms with Gasteiger partial charge in [0.1, 0.15) is 6.07 Å². The summed E-state index contributed by atoms with van der Waals surface area (Å²) in [5.41, 5.74) is 5.71. The fourth-order valence-electron chi connectivity index (χ4n) is 4.26. The molecule has 0 bridgehead atoms. The second-order valence-electron chi connectivity index (χ2n) is 7.26. The first-order chi connectivity index (χ1) is 13.3. The summed E-state index contributed by atoms with van der Waals surface area (Å²) in [6.45, 7) is 10.1. The topological polar surface area (TPSA) is 45.5 Å². The molecule has 0 radical (unpaired) electrons. The van der Waals surface area contributed by atoms with E-state index >= 15 is 0 Å². The van der Waals surface area contributed by atoms with Gasteiger partial charge in [-0.05, 0) is 36.8 Å². The third-order valence-corrected chi connectivity index (χ3v) is 5.70. The number of piperazine rings is 2. The summed E-state index contributed by atoms with van der Waals surface area (Å²) in [5.74, 6) is 0. The molecule has 0 aliphatic carbocycles. The summed E-state index contributed by atoms with van der Waals surface area (Å²) < 4.78 is 0. The van der Waals surface area contributed by atoms with Crippen molar-refractivity contribution in [2.45, 2.75) is 6.92 Å². The molecule has 0 unspecified atom stereocenters. The molecule has 27 heavy (non-hydrogen) atoms. The average Bonchev–Trinajstić information content (AvgIpc) is 2.75. The molecule has 2 aromatic rings. The molecule has 2 saturated heterocycles. The van der Waals surface area contributed by atoms with E-state index in [1.165, 1.54) is 16.9 Å². The minimum Gasteiger partial charge on any atom is -0.369 e. The van der Waals surface area contributed by atoms with Gasteiger partial charge in [0.2, 0.25) is 0 Å². The highest BCUT2D eigenvalue weighted by Crippen LogP contribution is 2.34. The van der Waals surface area contributed by atoms with Crippen LogP contribution in [0, 0.1) is 18.3 Å². The minimum absolute atomic E-state index is 0.791. The molecule has 0 atom stereocenters. The molecule has 2 aliphatic rings. The van der Waals surface area contributed by atoms with E-state index < -0.39 is 0 Å². The number of para-hydroxylation sites is 1. The Morgan fingerprint density at radius 3 is 2.15 bits per heavy atom. The maximum atomic E-state index is 9.69. The third-order valence-electron chi connectivity index (χ3n) is 5.70. The van der Waals surface area contributed by atoms with Gasteiger partial charge in [-0.2, -0.15) is 5.26 Å². The van der Waals surface area contributed by atoms with Gasteiger partial charge in [-0.3, -0.25) is 0 Å². The maximum absolute atomic E-state index is 9.69. The smallest absolute Gasteiger partial charge is 0.101 e. The largest absolute Gasteiger partial charge is 0.369 e. The van der Waals surface area contributed by atoms with Crippen LogP contribution in [0.2, 0.25) is 0 Å². The number of hydrogen-bond acceptors (Lipinski definition) is 5. The Morgan fingerprint density at radius 2 is 1.48 bits per heavy atom. The highest BCUT2D eigenvalue weighted by molar-refractivity contribution is 5.74. The van der Waals surface area contributed by atoms with E-state index in [9.17, 15) is 5.26 Å². The van der Waals surface area contributed by atoms with Crippen LogP contribution >= 0.6 is 0 Å². The highest BCUT2D eigenvalue weighted by atomic mass is 15.3. The molecule has 0 spiro atoms. The van der Waals surface area contributed by atoms with Crippen molar-refractivity contribution in [3.05, 3.63) is 53.6 Å². The highest BCUT2D eigenvalue weighted by Gasteiger charge is 2.24. The van der Waals surface area contributed by atoms with Crippen molar-refractivity contribution >= 4 is 17.1 Å². The van der Waals surface area contributed by atoms with E-state index in [1.807, 2.05) is 6.07 Å². The van der Waals surface area contributed by atoms with E-state index in [0.717, 1.165) is 63.6 Å². The molecule has 5 nitrogen and oxygen atoms in total. The standard InChI is InChI=1S/C22H27N5/c1-18-21(26-11-9-24-10-12-26)8-7-19(17-23)22(18)27-15-13-25(14-16-27)20-5-3-2-4-6-20/h2-8,24H,9-16H2,1H3. The van der Waals surface area contributed by atoms with Crippen LogP contribution in [0.25, 0.3) is 0 Å². The van der Waals surface area contributed by atoms with E-state index in [2.05, 4.69) is 69.4 Å². The molecule has 4 rings (SSSR count). The first-order valence-corrected chi connectivity index (χ1v) is 9.82. The number of nitriles is 1. The molecule has 2 heterocycles. The van der Waals surface area contributed by atoms with E-state index in [0.29, 0.717) is 0 Å². The fourth-order valence-corrected chi connectivity index (χ4v) is 4.26. The van der Waals surface area contributed by atoms with Crippen LogP contribution in [-0.4, -0.2) is 52.4 Å². The molecular formula is C22H27N5. The fraction of sp³-hybridized carbons (Fsp3) is 0.409. The second-order valence-corrected chi connectivity index (χ2v) is 7.26. The van der Waals surface area contributed by atoms with Crippen molar-refractivity contribution in [3.63, 3.8) is 0 Å². The number of rotatable bonds is 3. The van der Waals surface area contributed by atoms with Crippen molar-refractivity contribution < 1.29 is 0 Å². The molecule has 140 valence electrons. The van der Waals surface area contributed by atoms with Gasteiger partial charge in [0.25, 0.3) is 0 Å². The van der Waals surface area contributed by atoms with Gasteiger partial charge in [-0.25, -0.2) is 0 Å². The van der Waals surface area contributed by atoms with Crippen molar-refractivity contribution in [2.75, 3.05) is 67.1 Å².